The van der Waals surface area contributed by atoms with Crippen molar-refractivity contribution in [1.29, 1.82) is 0 Å². The van der Waals surface area contributed by atoms with Gasteiger partial charge in [-0.1, -0.05) is 12.1 Å². The topological polar surface area (TPSA) is 46.6 Å². The third-order valence-electron chi connectivity index (χ3n) is 2.86. The van der Waals surface area contributed by atoms with Crippen molar-refractivity contribution in [2.45, 2.75) is 12.8 Å². The normalized spacial score (nSPS) is 14.9. The van der Waals surface area contributed by atoms with Crippen molar-refractivity contribution in [3.8, 4) is 0 Å². The average Bonchev–Trinajstić information content (AvgIpc) is 2.75. The molecule has 0 atom stereocenters. The van der Waals surface area contributed by atoms with Crippen molar-refractivity contribution in [3.05, 3.63) is 33.4 Å². The Hall–Kier alpha value is -1.11. The van der Waals surface area contributed by atoms with Crippen LogP contribution in [0.1, 0.15) is 23.2 Å². The van der Waals surface area contributed by atoms with Crippen LogP contribution in [0.4, 0.5) is 0 Å². The zero-order valence-electron chi connectivity index (χ0n) is 9.89. The summed E-state index contributed by atoms with van der Waals surface area (Å²) in [6.45, 7) is 1.53. The highest BCUT2D eigenvalue weighted by Crippen LogP contribution is 2.13. The van der Waals surface area contributed by atoms with Crippen LogP contribution in [0.3, 0.4) is 0 Å². The van der Waals surface area contributed by atoms with Crippen molar-refractivity contribution >= 4 is 34.5 Å². The lowest BCUT2D eigenvalue weighted by atomic mass is 10.2. The Morgan fingerprint density at radius 3 is 2.83 bits per heavy atom. The largest absolute Gasteiger partial charge is 0.460 e. The molecule has 0 aliphatic carbocycles. The number of esters is 1. The molecular weight excluding hydrogens is 345 g/mol. The van der Waals surface area contributed by atoms with Gasteiger partial charge in [0, 0.05) is 16.5 Å². The molecule has 1 aliphatic rings. The first-order valence-corrected chi connectivity index (χ1v) is 6.96. The Morgan fingerprint density at radius 2 is 2.17 bits per heavy atom. The Kier molecular flexibility index (Phi) is 4.57. The fraction of sp³-hybridized carbons (Fsp3) is 0.385. The summed E-state index contributed by atoms with van der Waals surface area (Å²) < 4.78 is 6.05. The highest BCUT2D eigenvalue weighted by atomic mass is 127. The Morgan fingerprint density at radius 1 is 1.39 bits per heavy atom. The lowest BCUT2D eigenvalue weighted by Gasteiger charge is -2.15. The number of benzene rings is 1. The minimum absolute atomic E-state index is 0.153. The molecule has 0 saturated carbocycles. The second-order valence-electron chi connectivity index (χ2n) is 4.10. The number of amides is 1. The van der Waals surface area contributed by atoms with Crippen LogP contribution in [0.2, 0.25) is 0 Å². The molecule has 18 heavy (non-hydrogen) atoms. The molecule has 1 saturated heterocycles. The van der Waals surface area contributed by atoms with Crippen molar-refractivity contribution in [2.75, 3.05) is 19.7 Å². The molecule has 1 aliphatic heterocycles. The van der Waals surface area contributed by atoms with E-state index in [9.17, 15) is 9.59 Å². The molecule has 4 nitrogen and oxygen atoms in total. The Balaban J connectivity index is 1.82. The van der Waals surface area contributed by atoms with Gasteiger partial charge >= 0.3 is 5.97 Å². The molecule has 0 unspecified atom stereocenters. The Bertz CT molecular complexity index is 461. The molecule has 96 valence electrons. The van der Waals surface area contributed by atoms with Gasteiger partial charge in [0.1, 0.15) is 6.61 Å². The lowest BCUT2D eigenvalue weighted by molar-refractivity contribution is -0.128. The number of hydrogen-bond acceptors (Lipinski definition) is 3. The van der Waals surface area contributed by atoms with E-state index in [2.05, 4.69) is 22.6 Å². The van der Waals surface area contributed by atoms with Gasteiger partial charge in [-0.05, 0) is 41.1 Å². The maximum absolute atomic E-state index is 11.8. The molecule has 2 rings (SSSR count). The van der Waals surface area contributed by atoms with E-state index in [1.54, 1.807) is 11.0 Å². The van der Waals surface area contributed by atoms with Gasteiger partial charge in [-0.3, -0.25) is 4.79 Å². The number of ether oxygens (including phenoxy) is 1. The van der Waals surface area contributed by atoms with Gasteiger partial charge in [0.05, 0.1) is 12.1 Å². The summed E-state index contributed by atoms with van der Waals surface area (Å²) in [6.07, 6.45) is 1.52. The number of carbonyl (C=O) groups excluding carboxylic acids is 2. The number of hydrogen-bond donors (Lipinski definition) is 0. The van der Waals surface area contributed by atoms with E-state index in [-0.39, 0.29) is 18.5 Å². The number of nitrogens with zero attached hydrogens (tertiary/aromatic N) is 1. The predicted octanol–water partition coefficient (Wildman–Crippen LogP) is 2.07. The summed E-state index contributed by atoms with van der Waals surface area (Å²) in [7, 11) is 0. The number of likely N-dealkylation sites (tertiary alicyclic amines) is 1. The summed E-state index contributed by atoms with van der Waals surface area (Å²) >= 11 is 2.10. The molecule has 0 bridgehead atoms. The van der Waals surface area contributed by atoms with E-state index in [0.29, 0.717) is 18.5 Å². The van der Waals surface area contributed by atoms with E-state index in [1.165, 1.54) is 0 Å². The second-order valence-corrected chi connectivity index (χ2v) is 5.26. The molecule has 1 aromatic rings. The van der Waals surface area contributed by atoms with Gasteiger partial charge in [0.25, 0.3) is 0 Å². The third-order valence-corrected chi connectivity index (χ3v) is 3.80. The van der Waals surface area contributed by atoms with E-state index >= 15 is 0 Å². The molecule has 1 heterocycles. The van der Waals surface area contributed by atoms with Crippen LogP contribution in [-0.2, 0) is 9.53 Å². The van der Waals surface area contributed by atoms with Crippen LogP contribution in [0.5, 0.6) is 0 Å². The first kappa shape index (κ1) is 13.3. The third kappa shape index (κ3) is 3.22. The summed E-state index contributed by atoms with van der Waals surface area (Å²) in [4.78, 5) is 24.9. The smallest absolute Gasteiger partial charge is 0.339 e. The van der Waals surface area contributed by atoms with Gasteiger partial charge < -0.3 is 9.64 Å². The molecule has 1 amide bonds. The van der Waals surface area contributed by atoms with Gasteiger partial charge in [0.15, 0.2) is 0 Å². The predicted molar refractivity (Wildman–Crippen MR) is 75.3 cm³/mol. The fourth-order valence-electron chi connectivity index (χ4n) is 1.89. The molecule has 0 spiro atoms. The van der Waals surface area contributed by atoms with Gasteiger partial charge in [-0.15, -0.1) is 0 Å². The molecule has 1 fully saturated rings. The summed E-state index contributed by atoms with van der Waals surface area (Å²) in [5, 5.41) is 0. The number of rotatable bonds is 4. The fourth-order valence-corrected chi connectivity index (χ4v) is 2.50. The number of carbonyl (C=O) groups is 2. The van der Waals surface area contributed by atoms with Gasteiger partial charge in [-0.2, -0.15) is 0 Å². The zero-order valence-corrected chi connectivity index (χ0v) is 12.1. The zero-order chi connectivity index (χ0) is 13.0. The summed E-state index contributed by atoms with van der Waals surface area (Å²) in [5.74, 6) is -0.174. The molecule has 5 heteroatoms. The molecule has 0 N–H and O–H groups in total. The lowest BCUT2D eigenvalue weighted by Crippen LogP contribution is -2.29. The minimum Gasteiger partial charge on any atom is -0.460 e. The SMILES string of the molecule is O=C(OCCN1CCCC1=O)c1ccccc1I. The summed E-state index contributed by atoms with van der Waals surface area (Å²) in [5.41, 5.74) is 0.575. The van der Waals surface area contributed by atoms with E-state index < -0.39 is 0 Å². The maximum atomic E-state index is 11.8. The first-order valence-electron chi connectivity index (χ1n) is 5.88. The first-order chi connectivity index (χ1) is 8.68. The molecular formula is C13H14INO3. The van der Waals surface area contributed by atoms with Crippen molar-refractivity contribution in [2.24, 2.45) is 0 Å². The van der Waals surface area contributed by atoms with Crippen LogP contribution in [-0.4, -0.2) is 36.5 Å². The van der Waals surface area contributed by atoms with Crippen LogP contribution >= 0.6 is 22.6 Å². The van der Waals surface area contributed by atoms with Crippen LogP contribution < -0.4 is 0 Å². The molecule has 0 aromatic heterocycles. The van der Waals surface area contributed by atoms with Crippen LogP contribution in [0.15, 0.2) is 24.3 Å². The van der Waals surface area contributed by atoms with Crippen molar-refractivity contribution < 1.29 is 14.3 Å². The summed E-state index contributed by atoms with van der Waals surface area (Å²) in [6, 6.07) is 7.29. The van der Waals surface area contributed by atoms with Crippen molar-refractivity contribution in [1.82, 2.24) is 4.90 Å². The number of halogens is 1. The Labute approximate surface area is 119 Å². The molecule has 1 aromatic carbocycles. The molecule has 0 radical (unpaired) electrons. The maximum Gasteiger partial charge on any atom is 0.339 e. The highest BCUT2D eigenvalue weighted by Gasteiger charge is 2.20. The average molecular weight is 359 g/mol. The van der Waals surface area contributed by atoms with E-state index in [0.717, 1.165) is 16.5 Å². The monoisotopic (exact) mass is 359 g/mol. The standard InChI is InChI=1S/C13H14INO3/c14-11-5-2-1-4-10(11)13(17)18-9-8-15-7-3-6-12(15)16/h1-2,4-5H,3,6-9H2. The quantitative estimate of drug-likeness (QED) is 0.611. The van der Waals surface area contributed by atoms with Crippen molar-refractivity contribution in [3.63, 3.8) is 0 Å². The van der Waals surface area contributed by atoms with E-state index in [4.69, 9.17) is 4.74 Å². The van der Waals surface area contributed by atoms with Gasteiger partial charge in [0.2, 0.25) is 5.91 Å². The highest BCUT2D eigenvalue weighted by molar-refractivity contribution is 14.1. The minimum atomic E-state index is -0.327. The second kappa shape index (κ2) is 6.17. The van der Waals surface area contributed by atoms with E-state index in [1.807, 2.05) is 18.2 Å². The van der Waals surface area contributed by atoms with Gasteiger partial charge in [-0.25, -0.2) is 4.79 Å². The van der Waals surface area contributed by atoms with Crippen LogP contribution in [0, 0.1) is 3.57 Å². The van der Waals surface area contributed by atoms with Crippen LogP contribution in [0.25, 0.3) is 0 Å².